The van der Waals surface area contributed by atoms with Gasteiger partial charge in [0, 0.05) is 22.4 Å². The molecule has 3 heteroatoms. The van der Waals surface area contributed by atoms with Crippen LogP contribution in [0.5, 0.6) is 0 Å². The van der Waals surface area contributed by atoms with Gasteiger partial charge in [-0.05, 0) is 52.4 Å². The quantitative estimate of drug-likeness (QED) is 0.881. The molecular weight excluding hydrogens is 294 g/mol. The van der Waals surface area contributed by atoms with Crippen molar-refractivity contribution >= 4 is 27.3 Å². The van der Waals surface area contributed by atoms with Gasteiger partial charge in [0.15, 0.2) is 0 Å². The summed E-state index contributed by atoms with van der Waals surface area (Å²) in [6, 6.07) is 8.71. The first-order chi connectivity index (χ1) is 8.16. The predicted molar refractivity (Wildman–Crippen MR) is 78.5 cm³/mol. The minimum absolute atomic E-state index is 0.922. The first kappa shape index (κ1) is 12.8. The Bertz CT molecular complexity index is 505. The van der Waals surface area contributed by atoms with Crippen LogP contribution in [0.25, 0.3) is 0 Å². The van der Waals surface area contributed by atoms with E-state index in [0.29, 0.717) is 0 Å². The van der Waals surface area contributed by atoms with E-state index < -0.39 is 0 Å². The third-order valence-electron chi connectivity index (χ3n) is 2.79. The predicted octanol–water partition coefficient (Wildman–Crippen LogP) is 4.42. The van der Waals surface area contributed by atoms with E-state index in [2.05, 4.69) is 64.7 Å². The topological polar surface area (TPSA) is 12.0 Å². The SMILES string of the molecule is Cc1ccc(CNCc2sccc2Br)c(C)c1. The van der Waals surface area contributed by atoms with Crippen LogP contribution in [0.2, 0.25) is 0 Å². The molecule has 1 aromatic heterocycles. The highest BCUT2D eigenvalue weighted by molar-refractivity contribution is 9.10. The van der Waals surface area contributed by atoms with Crippen LogP contribution in [0.4, 0.5) is 0 Å². The first-order valence-electron chi connectivity index (χ1n) is 5.65. The maximum Gasteiger partial charge on any atom is 0.0327 e. The molecular formula is C14H16BrNS. The van der Waals surface area contributed by atoms with Gasteiger partial charge in [-0.25, -0.2) is 0 Å². The average Bonchev–Trinajstić information content (AvgIpc) is 2.68. The lowest BCUT2D eigenvalue weighted by atomic mass is 10.1. The number of nitrogens with one attached hydrogen (secondary N) is 1. The zero-order chi connectivity index (χ0) is 12.3. The summed E-state index contributed by atoms with van der Waals surface area (Å²) in [5, 5.41) is 5.59. The van der Waals surface area contributed by atoms with Gasteiger partial charge >= 0.3 is 0 Å². The van der Waals surface area contributed by atoms with Crippen LogP contribution in [0.3, 0.4) is 0 Å². The molecule has 1 N–H and O–H groups in total. The largest absolute Gasteiger partial charge is 0.308 e. The zero-order valence-electron chi connectivity index (χ0n) is 10.1. The summed E-state index contributed by atoms with van der Waals surface area (Å²) in [6.45, 7) is 6.15. The van der Waals surface area contributed by atoms with Gasteiger partial charge in [-0.1, -0.05) is 23.8 Å². The number of rotatable bonds is 4. The minimum atomic E-state index is 0.922. The summed E-state index contributed by atoms with van der Waals surface area (Å²) >= 11 is 5.33. The van der Waals surface area contributed by atoms with Gasteiger partial charge in [-0.2, -0.15) is 0 Å². The van der Waals surface area contributed by atoms with Crippen LogP contribution in [0, 0.1) is 13.8 Å². The van der Waals surface area contributed by atoms with E-state index >= 15 is 0 Å². The van der Waals surface area contributed by atoms with E-state index in [1.807, 2.05) is 0 Å². The normalized spacial score (nSPS) is 10.8. The molecule has 0 saturated carbocycles. The summed E-state index contributed by atoms with van der Waals surface area (Å²) in [5.74, 6) is 0. The van der Waals surface area contributed by atoms with E-state index in [1.165, 1.54) is 26.0 Å². The van der Waals surface area contributed by atoms with Crippen LogP contribution in [0.15, 0.2) is 34.1 Å². The summed E-state index contributed by atoms with van der Waals surface area (Å²) in [4.78, 5) is 1.36. The monoisotopic (exact) mass is 309 g/mol. The first-order valence-corrected chi connectivity index (χ1v) is 7.33. The van der Waals surface area contributed by atoms with Gasteiger partial charge in [-0.3, -0.25) is 0 Å². The number of thiophene rings is 1. The van der Waals surface area contributed by atoms with Crippen LogP contribution >= 0.6 is 27.3 Å². The van der Waals surface area contributed by atoms with Crippen molar-refractivity contribution in [2.24, 2.45) is 0 Å². The second kappa shape index (κ2) is 5.80. The number of aryl methyl sites for hydroxylation is 2. The summed E-state index contributed by atoms with van der Waals surface area (Å²) in [7, 11) is 0. The van der Waals surface area contributed by atoms with E-state index in [0.717, 1.165) is 13.1 Å². The highest BCUT2D eigenvalue weighted by atomic mass is 79.9. The molecule has 1 aromatic carbocycles. The van der Waals surface area contributed by atoms with Gasteiger partial charge < -0.3 is 5.32 Å². The molecule has 0 aliphatic rings. The Kier molecular flexibility index (Phi) is 4.37. The van der Waals surface area contributed by atoms with E-state index in [-0.39, 0.29) is 0 Å². The Morgan fingerprint density at radius 3 is 2.65 bits per heavy atom. The molecule has 90 valence electrons. The summed E-state index contributed by atoms with van der Waals surface area (Å²) in [5.41, 5.74) is 4.07. The van der Waals surface area contributed by atoms with Crippen LogP contribution < -0.4 is 5.32 Å². The highest BCUT2D eigenvalue weighted by Gasteiger charge is 2.02. The van der Waals surface area contributed by atoms with Crippen molar-refractivity contribution in [1.82, 2.24) is 5.32 Å². The van der Waals surface area contributed by atoms with Gasteiger partial charge in [0.1, 0.15) is 0 Å². The summed E-state index contributed by atoms with van der Waals surface area (Å²) in [6.07, 6.45) is 0. The Balaban J connectivity index is 1.92. The second-order valence-corrected chi connectivity index (χ2v) is 6.08. The molecule has 0 radical (unpaired) electrons. The van der Waals surface area contributed by atoms with Crippen molar-refractivity contribution in [1.29, 1.82) is 0 Å². The molecule has 0 aliphatic heterocycles. The molecule has 0 amide bonds. The molecule has 0 aliphatic carbocycles. The lowest BCUT2D eigenvalue weighted by Crippen LogP contribution is -2.12. The Labute approximate surface area is 115 Å². The van der Waals surface area contributed by atoms with Gasteiger partial charge in [0.05, 0.1) is 0 Å². The lowest BCUT2D eigenvalue weighted by molar-refractivity contribution is 0.696. The molecule has 17 heavy (non-hydrogen) atoms. The highest BCUT2D eigenvalue weighted by Crippen LogP contribution is 2.22. The maximum absolute atomic E-state index is 3.55. The van der Waals surface area contributed by atoms with Crippen molar-refractivity contribution < 1.29 is 0 Å². The number of hydrogen-bond acceptors (Lipinski definition) is 2. The average molecular weight is 310 g/mol. The number of benzene rings is 1. The molecule has 2 aromatic rings. The van der Waals surface area contributed by atoms with E-state index in [1.54, 1.807) is 11.3 Å². The Hall–Kier alpha value is -0.640. The zero-order valence-corrected chi connectivity index (χ0v) is 12.5. The molecule has 1 heterocycles. The van der Waals surface area contributed by atoms with Crippen molar-refractivity contribution in [3.8, 4) is 0 Å². The van der Waals surface area contributed by atoms with Crippen LogP contribution in [-0.4, -0.2) is 0 Å². The smallest absolute Gasteiger partial charge is 0.0327 e. The van der Waals surface area contributed by atoms with Crippen LogP contribution in [0.1, 0.15) is 21.6 Å². The second-order valence-electron chi connectivity index (χ2n) is 4.23. The van der Waals surface area contributed by atoms with Crippen molar-refractivity contribution in [3.63, 3.8) is 0 Å². The van der Waals surface area contributed by atoms with Crippen molar-refractivity contribution in [3.05, 3.63) is 55.7 Å². The number of hydrogen-bond donors (Lipinski definition) is 1. The standard InChI is InChI=1S/C14H16BrNS/c1-10-3-4-12(11(2)7-10)8-16-9-14-13(15)5-6-17-14/h3-7,16H,8-9H2,1-2H3. The molecule has 0 atom stereocenters. The Morgan fingerprint density at radius 2 is 2.00 bits per heavy atom. The molecule has 1 nitrogen and oxygen atoms in total. The molecule has 0 unspecified atom stereocenters. The Morgan fingerprint density at radius 1 is 1.18 bits per heavy atom. The summed E-state index contributed by atoms with van der Waals surface area (Å²) < 4.78 is 1.20. The maximum atomic E-state index is 3.55. The fourth-order valence-corrected chi connectivity index (χ4v) is 3.27. The fourth-order valence-electron chi connectivity index (χ4n) is 1.81. The minimum Gasteiger partial charge on any atom is -0.308 e. The molecule has 0 bridgehead atoms. The molecule has 0 saturated heterocycles. The van der Waals surface area contributed by atoms with E-state index in [9.17, 15) is 0 Å². The number of halogens is 1. The van der Waals surface area contributed by atoms with Crippen LogP contribution in [-0.2, 0) is 13.1 Å². The van der Waals surface area contributed by atoms with Crippen molar-refractivity contribution in [2.75, 3.05) is 0 Å². The van der Waals surface area contributed by atoms with Crippen molar-refractivity contribution in [2.45, 2.75) is 26.9 Å². The van der Waals surface area contributed by atoms with Gasteiger partial charge in [0.25, 0.3) is 0 Å². The third kappa shape index (κ3) is 3.41. The molecule has 0 spiro atoms. The van der Waals surface area contributed by atoms with Gasteiger partial charge in [-0.15, -0.1) is 11.3 Å². The molecule has 2 rings (SSSR count). The molecule has 0 fully saturated rings. The van der Waals surface area contributed by atoms with E-state index in [4.69, 9.17) is 0 Å². The lowest BCUT2D eigenvalue weighted by Gasteiger charge is -2.08. The third-order valence-corrected chi connectivity index (χ3v) is 4.72. The fraction of sp³-hybridized carbons (Fsp3) is 0.286. The van der Waals surface area contributed by atoms with Gasteiger partial charge in [0.2, 0.25) is 0 Å².